The summed E-state index contributed by atoms with van der Waals surface area (Å²) in [4.78, 5) is 14.5. The summed E-state index contributed by atoms with van der Waals surface area (Å²) in [7, 11) is 0. The Kier molecular flexibility index (Phi) is 4.81. The molecule has 1 aliphatic heterocycles. The van der Waals surface area contributed by atoms with Crippen molar-refractivity contribution >= 4 is 23.4 Å². The van der Waals surface area contributed by atoms with Crippen LogP contribution in [0.15, 0.2) is 18.2 Å². The molecule has 0 aromatic heterocycles. The van der Waals surface area contributed by atoms with Gasteiger partial charge in [0.2, 0.25) is 0 Å². The maximum Gasteiger partial charge on any atom is 0.254 e. The minimum Gasteiger partial charge on any atom is -0.492 e. The number of thioether (sulfide) groups is 1. The number of hydrogen-bond donors (Lipinski definition) is 1. The zero-order valence-electron chi connectivity index (χ0n) is 12.3. The molecule has 2 atom stereocenters. The molecule has 0 bridgehead atoms. The fourth-order valence-electron chi connectivity index (χ4n) is 2.35. The molecule has 2 N–H and O–H groups in total. The Morgan fingerprint density at radius 1 is 1.50 bits per heavy atom. The third-order valence-electron chi connectivity index (χ3n) is 3.70. The second kappa shape index (κ2) is 6.39. The standard InChI is InChI=1S/C15H22N2O2S/c1-4-19-14-6-5-12(9-13(14)16)15(18)17-7-8-20-11(3)10(17)2/h5-6,9-11H,4,7-8,16H2,1-3H3. The molecule has 0 spiro atoms. The minimum atomic E-state index is 0.0550. The number of rotatable bonds is 3. The first-order chi connectivity index (χ1) is 9.54. The SMILES string of the molecule is CCOc1ccc(C(=O)N2CCSC(C)C2C)cc1N. The maximum absolute atomic E-state index is 12.6. The minimum absolute atomic E-state index is 0.0550. The van der Waals surface area contributed by atoms with E-state index in [-0.39, 0.29) is 11.9 Å². The highest BCUT2D eigenvalue weighted by Gasteiger charge is 2.29. The van der Waals surface area contributed by atoms with Crippen LogP contribution in [0.1, 0.15) is 31.1 Å². The average molecular weight is 294 g/mol. The van der Waals surface area contributed by atoms with Crippen LogP contribution in [0.2, 0.25) is 0 Å². The van der Waals surface area contributed by atoms with E-state index in [0.29, 0.717) is 28.9 Å². The van der Waals surface area contributed by atoms with E-state index in [2.05, 4.69) is 13.8 Å². The Bertz CT molecular complexity index is 493. The van der Waals surface area contributed by atoms with Gasteiger partial charge in [0.15, 0.2) is 0 Å². The monoisotopic (exact) mass is 294 g/mol. The summed E-state index contributed by atoms with van der Waals surface area (Å²) in [5.74, 6) is 1.68. The van der Waals surface area contributed by atoms with Crippen molar-refractivity contribution in [2.75, 3.05) is 24.6 Å². The number of hydrogen-bond acceptors (Lipinski definition) is 4. The first-order valence-corrected chi connectivity index (χ1v) is 8.04. The van der Waals surface area contributed by atoms with Crippen LogP contribution in [0.3, 0.4) is 0 Å². The van der Waals surface area contributed by atoms with Crippen molar-refractivity contribution in [1.82, 2.24) is 4.90 Å². The van der Waals surface area contributed by atoms with Crippen molar-refractivity contribution in [1.29, 1.82) is 0 Å². The third kappa shape index (κ3) is 3.03. The Labute approximate surface area is 124 Å². The number of nitrogens with zero attached hydrogens (tertiary/aromatic N) is 1. The molecule has 0 aliphatic carbocycles. The summed E-state index contributed by atoms with van der Waals surface area (Å²) in [5.41, 5.74) is 7.09. The molecule has 1 fully saturated rings. The largest absolute Gasteiger partial charge is 0.492 e. The Hall–Kier alpha value is -1.36. The van der Waals surface area contributed by atoms with Gasteiger partial charge in [0.25, 0.3) is 5.91 Å². The molecule has 1 aromatic rings. The van der Waals surface area contributed by atoms with Crippen molar-refractivity contribution in [2.24, 2.45) is 0 Å². The van der Waals surface area contributed by atoms with Crippen molar-refractivity contribution in [3.8, 4) is 5.75 Å². The highest BCUT2D eigenvalue weighted by Crippen LogP contribution is 2.28. The molecule has 110 valence electrons. The van der Waals surface area contributed by atoms with E-state index < -0.39 is 0 Å². The zero-order chi connectivity index (χ0) is 14.7. The van der Waals surface area contributed by atoms with E-state index >= 15 is 0 Å². The lowest BCUT2D eigenvalue weighted by atomic mass is 10.1. The molecule has 5 heteroatoms. The van der Waals surface area contributed by atoms with Crippen molar-refractivity contribution < 1.29 is 9.53 Å². The van der Waals surface area contributed by atoms with Gasteiger partial charge >= 0.3 is 0 Å². The molecule has 1 heterocycles. The number of nitrogens with two attached hydrogens (primary N) is 1. The number of nitrogen functional groups attached to an aromatic ring is 1. The summed E-state index contributed by atoms with van der Waals surface area (Å²) < 4.78 is 5.40. The molecule has 0 saturated carbocycles. The number of carbonyl (C=O) groups is 1. The number of anilines is 1. The number of benzene rings is 1. The van der Waals surface area contributed by atoms with Gasteiger partial charge in [-0.15, -0.1) is 0 Å². The number of carbonyl (C=O) groups excluding carboxylic acids is 1. The van der Waals surface area contributed by atoms with E-state index in [4.69, 9.17) is 10.5 Å². The molecular weight excluding hydrogens is 272 g/mol. The van der Waals surface area contributed by atoms with Gasteiger partial charge in [-0.1, -0.05) is 6.92 Å². The molecule has 1 amide bonds. The van der Waals surface area contributed by atoms with Crippen LogP contribution in [-0.2, 0) is 0 Å². The molecular formula is C15H22N2O2S. The quantitative estimate of drug-likeness (QED) is 0.871. The van der Waals surface area contributed by atoms with Gasteiger partial charge in [-0.05, 0) is 32.0 Å². The van der Waals surface area contributed by atoms with Gasteiger partial charge in [0, 0.05) is 29.2 Å². The first kappa shape index (κ1) is 15.0. The molecule has 1 saturated heterocycles. The topological polar surface area (TPSA) is 55.6 Å². The summed E-state index contributed by atoms with van der Waals surface area (Å²) in [6.07, 6.45) is 0. The zero-order valence-corrected chi connectivity index (χ0v) is 13.1. The third-order valence-corrected chi connectivity index (χ3v) is 5.04. The van der Waals surface area contributed by atoms with E-state index in [0.717, 1.165) is 12.3 Å². The van der Waals surface area contributed by atoms with Gasteiger partial charge in [-0.25, -0.2) is 0 Å². The molecule has 4 nitrogen and oxygen atoms in total. The Morgan fingerprint density at radius 2 is 2.25 bits per heavy atom. The van der Waals surface area contributed by atoms with Gasteiger partial charge in [0.05, 0.1) is 12.3 Å². The fraction of sp³-hybridized carbons (Fsp3) is 0.533. The molecule has 0 radical (unpaired) electrons. The second-order valence-electron chi connectivity index (χ2n) is 5.00. The average Bonchev–Trinajstić information content (AvgIpc) is 2.43. The van der Waals surface area contributed by atoms with Crippen LogP contribution in [0.4, 0.5) is 5.69 Å². The van der Waals surface area contributed by atoms with Crippen LogP contribution in [0, 0.1) is 0 Å². The molecule has 1 aliphatic rings. The smallest absolute Gasteiger partial charge is 0.254 e. The van der Waals surface area contributed by atoms with Gasteiger partial charge in [-0.3, -0.25) is 4.79 Å². The summed E-state index contributed by atoms with van der Waals surface area (Å²) in [6, 6.07) is 5.53. The van der Waals surface area contributed by atoms with Gasteiger partial charge in [-0.2, -0.15) is 11.8 Å². The molecule has 20 heavy (non-hydrogen) atoms. The normalized spacial score (nSPS) is 22.6. The van der Waals surface area contributed by atoms with E-state index in [1.54, 1.807) is 18.2 Å². The highest BCUT2D eigenvalue weighted by molar-refractivity contribution is 8.00. The van der Waals surface area contributed by atoms with Gasteiger partial charge in [0.1, 0.15) is 5.75 Å². The van der Waals surface area contributed by atoms with Crippen LogP contribution in [0.5, 0.6) is 5.75 Å². The fourth-order valence-corrected chi connectivity index (χ4v) is 3.45. The van der Waals surface area contributed by atoms with E-state index in [1.165, 1.54) is 0 Å². The number of ether oxygens (including phenoxy) is 1. The lowest BCUT2D eigenvalue weighted by molar-refractivity contribution is 0.0698. The summed E-state index contributed by atoms with van der Waals surface area (Å²) in [5, 5.41) is 0.466. The second-order valence-corrected chi connectivity index (χ2v) is 6.49. The van der Waals surface area contributed by atoms with E-state index in [1.807, 2.05) is 23.6 Å². The van der Waals surface area contributed by atoms with Crippen LogP contribution >= 0.6 is 11.8 Å². The predicted molar refractivity (Wildman–Crippen MR) is 84.4 cm³/mol. The predicted octanol–water partition coefficient (Wildman–Crippen LogP) is 2.63. The maximum atomic E-state index is 12.6. The van der Waals surface area contributed by atoms with Crippen LogP contribution in [-0.4, -0.2) is 41.0 Å². The Morgan fingerprint density at radius 3 is 2.90 bits per heavy atom. The summed E-state index contributed by atoms with van der Waals surface area (Å²) >= 11 is 1.92. The molecule has 2 rings (SSSR count). The highest BCUT2D eigenvalue weighted by atomic mass is 32.2. The van der Waals surface area contributed by atoms with Crippen molar-refractivity contribution in [3.05, 3.63) is 23.8 Å². The lowest BCUT2D eigenvalue weighted by Gasteiger charge is -2.37. The number of amides is 1. The summed E-state index contributed by atoms with van der Waals surface area (Å²) in [6.45, 7) is 7.54. The Balaban J connectivity index is 2.18. The molecule has 2 unspecified atom stereocenters. The van der Waals surface area contributed by atoms with Crippen LogP contribution in [0.25, 0.3) is 0 Å². The lowest BCUT2D eigenvalue weighted by Crippen LogP contribution is -2.47. The van der Waals surface area contributed by atoms with Crippen LogP contribution < -0.4 is 10.5 Å². The van der Waals surface area contributed by atoms with E-state index in [9.17, 15) is 4.79 Å². The van der Waals surface area contributed by atoms with Crippen molar-refractivity contribution in [2.45, 2.75) is 32.1 Å². The molecule has 1 aromatic carbocycles. The first-order valence-electron chi connectivity index (χ1n) is 6.99. The van der Waals surface area contributed by atoms with Crippen molar-refractivity contribution in [3.63, 3.8) is 0 Å². The van der Waals surface area contributed by atoms with Gasteiger partial charge < -0.3 is 15.4 Å².